The molecule has 0 spiro atoms. The first-order valence-electron chi connectivity index (χ1n) is 4.80. The fourth-order valence-electron chi connectivity index (χ4n) is 0.666. The molecule has 0 amide bonds. The highest BCUT2D eigenvalue weighted by Gasteiger charge is 2.16. The van der Waals surface area contributed by atoms with Gasteiger partial charge in [0.2, 0.25) is 0 Å². The Kier molecular flexibility index (Phi) is 4.82. The van der Waals surface area contributed by atoms with Gasteiger partial charge < -0.3 is 0 Å². The number of hydrogen-bond acceptors (Lipinski definition) is 1. The molecule has 0 aliphatic carbocycles. The molecule has 0 heterocycles. The maximum atomic E-state index is 7.86. The third kappa shape index (κ3) is 4.55. The van der Waals surface area contributed by atoms with Crippen LogP contribution in [0.3, 0.4) is 0 Å². The second-order valence-corrected chi connectivity index (χ2v) is 6.42. The summed E-state index contributed by atoms with van der Waals surface area (Å²) in [6, 6.07) is 0. The van der Waals surface area contributed by atoms with Crippen LogP contribution in [-0.2, 0) is 10.9 Å². The molecule has 3 heteroatoms. The molecule has 0 saturated heterocycles. The topological polar surface area (TPSA) is 36.2 Å². The molecule has 0 bridgehead atoms. The lowest BCUT2D eigenvalue weighted by Gasteiger charge is -2.18. The van der Waals surface area contributed by atoms with Gasteiger partial charge in [-0.3, -0.25) is 4.78 Å². The molecule has 0 aromatic rings. The predicted molar refractivity (Wildman–Crippen MR) is 62.4 cm³/mol. The van der Waals surface area contributed by atoms with Gasteiger partial charge in [-0.25, -0.2) is 4.40 Å². The second kappa shape index (κ2) is 4.89. The van der Waals surface area contributed by atoms with Gasteiger partial charge >= 0.3 is 0 Å². The molecule has 0 radical (unpaired) electrons. The Morgan fingerprint density at radius 1 is 1.46 bits per heavy atom. The predicted octanol–water partition coefficient (Wildman–Crippen LogP) is 3.59. The van der Waals surface area contributed by atoms with Crippen molar-refractivity contribution in [3.8, 4) is 0 Å². The van der Waals surface area contributed by atoms with Gasteiger partial charge in [0.25, 0.3) is 0 Å². The standard InChI is InChI=1S/C10H22N2S/c1-7-8(2)9(3)12-13(11)10(4,5)6/h8,11H,7H2,1-6H3/b12-9+/t8?,13-/m1/s1. The highest BCUT2D eigenvalue weighted by molar-refractivity contribution is 7.86. The third-order valence-corrected chi connectivity index (χ3v) is 3.77. The fourth-order valence-corrected chi connectivity index (χ4v) is 1.41. The second-order valence-electron chi connectivity index (χ2n) is 4.44. The normalized spacial score (nSPS) is 18.5. The Balaban J connectivity index is 4.49. The quantitative estimate of drug-likeness (QED) is 0.679. The van der Waals surface area contributed by atoms with E-state index >= 15 is 0 Å². The minimum absolute atomic E-state index is 0.0191. The van der Waals surface area contributed by atoms with E-state index in [-0.39, 0.29) is 4.75 Å². The van der Waals surface area contributed by atoms with Crippen molar-refractivity contribution >= 4 is 16.6 Å². The van der Waals surface area contributed by atoms with E-state index in [4.69, 9.17) is 4.78 Å². The zero-order valence-corrected chi connectivity index (χ0v) is 10.5. The van der Waals surface area contributed by atoms with Crippen LogP contribution in [0.5, 0.6) is 0 Å². The number of nitrogens with zero attached hydrogens (tertiary/aromatic N) is 1. The largest absolute Gasteiger partial charge is 0.259 e. The molecular formula is C10H22N2S. The van der Waals surface area contributed by atoms with E-state index in [2.05, 4.69) is 39.0 Å². The van der Waals surface area contributed by atoms with E-state index in [0.29, 0.717) is 5.92 Å². The number of rotatable bonds is 3. The van der Waals surface area contributed by atoms with Crippen molar-refractivity contribution in [1.82, 2.24) is 0 Å². The summed E-state index contributed by atoms with van der Waals surface area (Å²) in [6.07, 6.45) is 1.11. The van der Waals surface area contributed by atoms with Crippen molar-refractivity contribution in [2.24, 2.45) is 10.3 Å². The average molecular weight is 202 g/mol. The van der Waals surface area contributed by atoms with Crippen LogP contribution in [-0.4, -0.2) is 10.5 Å². The molecule has 1 N–H and O–H groups in total. The Morgan fingerprint density at radius 3 is 2.23 bits per heavy atom. The summed E-state index contributed by atoms with van der Waals surface area (Å²) in [7, 11) is -0.602. The van der Waals surface area contributed by atoms with Crippen LogP contribution in [0.4, 0.5) is 0 Å². The van der Waals surface area contributed by atoms with E-state index in [1.807, 2.05) is 6.92 Å². The van der Waals surface area contributed by atoms with Gasteiger partial charge in [-0.15, -0.1) is 0 Å². The minimum Gasteiger partial charge on any atom is -0.259 e. The van der Waals surface area contributed by atoms with Crippen molar-refractivity contribution in [2.45, 2.75) is 52.7 Å². The van der Waals surface area contributed by atoms with Crippen LogP contribution in [0.2, 0.25) is 0 Å². The van der Waals surface area contributed by atoms with E-state index < -0.39 is 10.9 Å². The molecule has 2 atom stereocenters. The van der Waals surface area contributed by atoms with Gasteiger partial charge in [0.05, 0.1) is 0 Å². The summed E-state index contributed by atoms with van der Waals surface area (Å²) in [5.41, 5.74) is 1.12. The lowest BCUT2D eigenvalue weighted by atomic mass is 10.1. The lowest BCUT2D eigenvalue weighted by Crippen LogP contribution is -2.20. The van der Waals surface area contributed by atoms with Gasteiger partial charge in [-0.1, -0.05) is 13.8 Å². The van der Waals surface area contributed by atoms with Crippen LogP contribution < -0.4 is 0 Å². The van der Waals surface area contributed by atoms with Crippen LogP contribution in [0, 0.1) is 10.7 Å². The van der Waals surface area contributed by atoms with Crippen LogP contribution >= 0.6 is 0 Å². The maximum Gasteiger partial charge on any atom is 0.0387 e. The highest BCUT2D eigenvalue weighted by atomic mass is 32.2. The average Bonchev–Trinajstić information content (AvgIpc) is 2.01. The molecule has 0 aliphatic rings. The van der Waals surface area contributed by atoms with Gasteiger partial charge in [0.15, 0.2) is 0 Å². The summed E-state index contributed by atoms with van der Waals surface area (Å²) in [4.78, 5) is 0. The lowest BCUT2D eigenvalue weighted by molar-refractivity contribution is 0.736. The Bertz CT molecular complexity index is 213. The molecule has 78 valence electrons. The minimum atomic E-state index is -0.602. The molecular weight excluding hydrogens is 180 g/mol. The summed E-state index contributed by atoms with van der Waals surface area (Å²) in [6.45, 7) is 12.6. The van der Waals surface area contributed by atoms with E-state index in [1.165, 1.54) is 0 Å². The molecule has 0 fully saturated rings. The summed E-state index contributed by atoms with van der Waals surface area (Å²) >= 11 is 0. The van der Waals surface area contributed by atoms with Gasteiger partial charge in [-0.05, 0) is 40.0 Å². The summed E-state index contributed by atoms with van der Waals surface area (Å²) < 4.78 is 12.3. The summed E-state index contributed by atoms with van der Waals surface area (Å²) in [5.74, 6) is 0.516. The van der Waals surface area contributed by atoms with Crippen molar-refractivity contribution < 1.29 is 0 Å². The molecule has 2 nitrogen and oxygen atoms in total. The smallest absolute Gasteiger partial charge is 0.0387 e. The maximum absolute atomic E-state index is 7.86. The zero-order chi connectivity index (χ0) is 10.6. The zero-order valence-electron chi connectivity index (χ0n) is 9.64. The number of hydrogen-bond donors (Lipinski definition) is 1. The fraction of sp³-hybridized carbons (Fsp3) is 0.900. The van der Waals surface area contributed by atoms with E-state index in [1.54, 1.807) is 0 Å². The first-order valence-corrected chi connectivity index (χ1v) is 5.98. The van der Waals surface area contributed by atoms with Crippen molar-refractivity contribution in [3.63, 3.8) is 0 Å². The Hall–Kier alpha value is -0.180. The van der Waals surface area contributed by atoms with E-state index in [9.17, 15) is 0 Å². The van der Waals surface area contributed by atoms with E-state index in [0.717, 1.165) is 12.1 Å². The first-order chi connectivity index (χ1) is 5.79. The first kappa shape index (κ1) is 12.8. The summed E-state index contributed by atoms with van der Waals surface area (Å²) in [5, 5.41) is 0. The van der Waals surface area contributed by atoms with Gasteiger partial charge in [0.1, 0.15) is 0 Å². The SMILES string of the molecule is CCC(C)/C(C)=N/[S@@](=N)C(C)(C)C. The van der Waals surface area contributed by atoms with Crippen LogP contribution in [0.25, 0.3) is 0 Å². The Morgan fingerprint density at radius 2 is 1.92 bits per heavy atom. The molecule has 1 unspecified atom stereocenters. The molecule has 13 heavy (non-hydrogen) atoms. The van der Waals surface area contributed by atoms with Gasteiger partial charge in [-0.2, -0.15) is 0 Å². The van der Waals surface area contributed by atoms with Crippen molar-refractivity contribution in [1.29, 1.82) is 4.78 Å². The van der Waals surface area contributed by atoms with Crippen LogP contribution in [0.15, 0.2) is 4.40 Å². The van der Waals surface area contributed by atoms with Crippen LogP contribution in [0.1, 0.15) is 48.0 Å². The van der Waals surface area contributed by atoms with Gasteiger partial charge in [0, 0.05) is 21.3 Å². The third-order valence-electron chi connectivity index (χ3n) is 2.14. The Labute approximate surface area is 84.9 Å². The van der Waals surface area contributed by atoms with Crippen molar-refractivity contribution in [2.75, 3.05) is 0 Å². The molecule has 0 aromatic heterocycles. The molecule has 0 aromatic carbocycles. The van der Waals surface area contributed by atoms with Crippen molar-refractivity contribution in [3.05, 3.63) is 0 Å². The molecule has 0 aliphatic heterocycles. The molecule has 0 rings (SSSR count). The molecule has 0 saturated carbocycles. The highest BCUT2D eigenvalue weighted by Crippen LogP contribution is 2.15. The number of nitrogens with one attached hydrogen (secondary N) is 1. The monoisotopic (exact) mass is 202 g/mol.